The van der Waals surface area contributed by atoms with Crippen LogP contribution >= 0.6 is 0 Å². The Morgan fingerprint density at radius 1 is 1.12 bits per heavy atom. The molecule has 1 saturated heterocycles. The lowest BCUT2D eigenvalue weighted by molar-refractivity contribution is 0.480. The average Bonchev–Trinajstić information content (AvgIpc) is 2.61. The van der Waals surface area contributed by atoms with Gasteiger partial charge in [-0.2, -0.15) is 4.98 Å². The molecule has 2 aromatic heterocycles. The van der Waals surface area contributed by atoms with Gasteiger partial charge in [0, 0.05) is 52.2 Å². The minimum atomic E-state index is 0.387. The number of nitrogens with zero attached hydrogens (tertiary/aromatic N) is 6. The molecule has 128 valence electrons. The third-order valence-corrected chi connectivity index (χ3v) is 4.54. The van der Waals surface area contributed by atoms with E-state index in [2.05, 4.69) is 43.9 Å². The van der Waals surface area contributed by atoms with E-state index in [1.807, 2.05) is 44.2 Å². The topological polar surface area (TPSA) is 48.4 Å². The molecule has 1 atom stereocenters. The van der Waals surface area contributed by atoms with Crippen LogP contribution in [-0.4, -0.2) is 55.2 Å². The summed E-state index contributed by atoms with van der Waals surface area (Å²) in [6.07, 6.45) is 4.13. The summed E-state index contributed by atoms with van der Waals surface area (Å²) in [5.74, 6) is 2.78. The molecule has 1 aliphatic heterocycles. The maximum absolute atomic E-state index is 4.67. The second-order valence-electron chi connectivity index (χ2n) is 6.60. The average molecular weight is 326 g/mol. The smallest absolute Gasteiger partial charge is 0.227 e. The highest BCUT2D eigenvalue weighted by Crippen LogP contribution is 2.23. The lowest BCUT2D eigenvalue weighted by Crippen LogP contribution is -2.47. The van der Waals surface area contributed by atoms with Gasteiger partial charge < -0.3 is 14.7 Å². The van der Waals surface area contributed by atoms with Crippen LogP contribution in [0.4, 0.5) is 17.6 Å². The minimum absolute atomic E-state index is 0.387. The van der Waals surface area contributed by atoms with Gasteiger partial charge in [0.25, 0.3) is 0 Å². The van der Waals surface area contributed by atoms with E-state index in [0.717, 1.165) is 49.2 Å². The van der Waals surface area contributed by atoms with Crippen molar-refractivity contribution in [1.82, 2.24) is 15.0 Å². The van der Waals surface area contributed by atoms with Gasteiger partial charge in [-0.25, -0.2) is 9.97 Å². The summed E-state index contributed by atoms with van der Waals surface area (Å²) >= 11 is 0. The molecule has 0 saturated carbocycles. The van der Waals surface area contributed by atoms with Crippen LogP contribution in [0.2, 0.25) is 0 Å². The number of pyridine rings is 1. The van der Waals surface area contributed by atoms with Gasteiger partial charge in [-0.3, -0.25) is 0 Å². The third kappa shape index (κ3) is 3.58. The molecule has 3 heterocycles. The normalized spacial score (nSPS) is 17.7. The lowest BCUT2D eigenvalue weighted by Gasteiger charge is -2.38. The van der Waals surface area contributed by atoms with Crippen molar-refractivity contribution in [3.05, 3.63) is 36.2 Å². The molecule has 0 radical (unpaired) electrons. The molecule has 0 aromatic carbocycles. The summed E-state index contributed by atoms with van der Waals surface area (Å²) in [7, 11) is 6.09. The molecule has 1 unspecified atom stereocenters. The molecule has 0 bridgehead atoms. The number of aromatic nitrogens is 3. The van der Waals surface area contributed by atoms with E-state index < -0.39 is 0 Å². The van der Waals surface area contributed by atoms with Crippen LogP contribution in [0, 0.1) is 6.92 Å². The van der Waals surface area contributed by atoms with Crippen molar-refractivity contribution in [3.8, 4) is 0 Å². The van der Waals surface area contributed by atoms with E-state index in [1.54, 1.807) is 0 Å². The number of hydrogen-bond acceptors (Lipinski definition) is 6. The van der Waals surface area contributed by atoms with Gasteiger partial charge in [0.15, 0.2) is 0 Å². The zero-order valence-corrected chi connectivity index (χ0v) is 15.0. The predicted octanol–water partition coefficient (Wildman–Crippen LogP) is 2.35. The number of anilines is 3. The first-order valence-electron chi connectivity index (χ1n) is 8.46. The molecule has 0 aliphatic carbocycles. The number of rotatable bonds is 4. The van der Waals surface area contributed by atoms with Crippen molar-refractivity contribution < 1.29 is 0 Å². The quantitative estimate of drug-likeness (QED) is 0.859. The molecular weight excluding hydrogens is 300 g/mol. The fourth-order valence-electron chi connectivity index (χ4n) is 3.11. The standard InChI is InChI=1S/C18H26N6/c1-14-7-5-9-17(20-14)24-12-6-8-15(13-24)23(4)18-19-11-10-16(21-18)22(2)3/h5,7,9-11,15H,6,8,12-13H2,1-4H3. The van der Waals surface area contributed by atoms with Crippen molar-refractivity contribution in [2.24, 2.45) is 0 Å². The zero-order chi connectivity index (χ0) is 17.1. The first-order valence-corrected chi connectivity index (χ1v) is 8.46. The van der Waals surface area contributed by atoms with E-state index in [4.69, 9.17) is 0 Å². The Labute approximate surface area is 144 Å². The Morgan fingerprint density at radius 2 is 1.96 bits per heavy atom. The Hall–Kier alpha value is -2.37. The highest BCUT2D eigenvalue weighted by molar-refractivity contribution is 5.44. The van der Waals surface area contributed by atoms with Crippen molar-refractivity contribution >= 4 is 17.6 Å². The Balaban J connectivity index is 1.75. The highest BCUT2D eigenvalue weighted by Gasteiger charge is 2.25. The van der Waals surface area contributed by atoms with Crippen LogP contribution in [-0.2, 0) is 0 Å². The summed E-state index contributed by atoms with van der Waals surface area (Å²) in [5.41, 5.74) is 1.06. The Morgan fingerprint density at radius 3 is 2.71 bits per heavy atom. The van der Waals surface area contributed by atoms with E-state index in [-0.39, 0.29) is 0 Å². The maximum atomic E-state index is 4.67. The van der Waals surface area contributed by atoms with Crippen molar-refractivity contribution in [2.45, 2.75) is 25.8 Å². The number of piperidine rings is 1. The van der Waals surface area contributed by atoms with Crippen LogP contribution < -0.4 is 14.7 Å². The number of aryl methyl sites for hydroxylation is 1. The Kier molecular flexibility index (Phi) is 4.83. The summed E-state index contributed by atoms with van der Waals surface area (Å²) in [6.45, 7) is 4.04. The fraction of sp³-hybridized carbons (Fsp3) is 0.500. The third-order valence-electron chi connectivity index (χ3n) is 4.54. The highest BCUT2D eigenvalue weighted by atomic mass is 15.3. The molecule has 6 heteroatoms. The number of likely N-dealkylation sites (N-methyl/N-ethyl adjacent to an activating group) is 1. The van der Waals surface area contributed by atoms with Gasteiger partial charge >= 0.3 is 0 Å². The van der Waals surface area contributed by atoms with Crippen LogP contribution in [0.1, 0.15) is 18.5 Å². The van der Waals surface area contributed by atoms with Gasteiger partial charge in [0.2, 0.25) is 5.95 Å². The van der Waals surface area contributed by atoms with Crippen molar-refractivity contribution in [2.75, 3.05) is 48.9 Å². The van der Waals surface area contributed by atoms with E-state index in [9.17, 15) is 0 Å². The van der Waals surface area contributed by atoms with Crippen LogP contribution in [0.3, 0.4) is 0 Å². The zero-order valence-electron chi connectivity index (χ0n) is 15.0. The molecule has 0 amide bonds. The molecule has 0 spiro atoms. The molecule has 6 nitrogen and oxygen atoms in total. The summed E-state index contributed by atoms with van der Waals surface area (Å²) in [6, 6.07) is 8.53. The summed E-state index contributed by atoms with van der Waals surface area (Å²) in [5, 5.41) is 0. The van der Waals surface area contributed by atoms with Crippen LogP contribution in [0.15, 0.2) is 30.5 Å². The molecule has 0 N–H and O–H groups in total. The maximum Gasteiger partial charge on any atom is 0.227 e. The summed E-state index contributed by atoms with van der Waals surface area (Å²) < 4.78 is 0. The molecule has 2 aromatic rings. The van der Waals surface area contributed by atoms with Crippen LogP contribution in [0.5, 0.6) is 0 Å². The molecule has 1 fully saturated rings. The molecular formula is C18H26N6. The lowest BCUT2D eigenvalue weighted by atomic mass is 10.0. The van der Waals surface area contributed by atoms with Crippen LogP contribution in [0.25, 0.3) is 0 Å². The first kappa shape index (κ1) is 16.5. The fourth-order valence-corrected chi connectivity index (χ4v) is 3.11. The van der Waals surface area contributed by atoms with Crippen molar-refractivity contribution in [3.63, 3.8) is 0 Å². The summed E-state index contributed by atoms with van der Waals surface area (Å²) in [4.78, 5) is 20.4. The van der Waals surface area contributed by atoms with E-state index >= 15 is 0 Å². The monoisotopic (exact) mass is 326 g/mol. The molecule has 24 heavy (non-hydrogen) atoms. The largest absolute Gasteiger partial charge is 0.363 e. The van der Waals surface area contributed by atoms with Gasteiger partial charge in [0.05, 0.1) is 0 Å². The van der Waals surface area contributed by atoms with Gasteiger partial charge in [-0.15, -0.1) is 0 Å². The van der Waals surface area contributed by atoms with E-state index in [0.29, 0.717) is 6.04 Å². The van der Waals surface area contributed by atoms with Gasteiger partial charge in [-0.1, -0.05) is 6.07 Å². The Bertz CT molecular complexity index is 687. The first-order chi connectivity index (χ1) is 11.5. The van der Waals surface area contributed by atoms with Crippen molar-refractivity contribution in [1.29, 1.82) is 0 Å². The van der Waals surface area contributed by atoms with E-state index in [1.165, 1.54) is 0 Å². The van der Waals surface area contributed by atoms with Gasteiger partial charge in [-0.05, 0) is 38.0 Å². The predicted molar refractivity (Wildman–Crippen MR) is 99.0 cm³/mol. The molecule has 1 aliphatic rings. The second-order valence-corrected chi connectivity index (χ2v) is 6.60. The SMILES string of the molecule is Cc1cccc(N2CCCC(N(C)c3nccc(N(C)C)n3)C2)n1. The van der Waals surface area contributed by atoms with Gasteiger partial charge in [0.1, 0.15) is 11.6 Å². The number of hydrogen-bond donors (Lipinski definition) is 0. The minimum Gasteiger partial charge on any atom is -0.363 e. The second kappa shape index (κ2) is 7.03. The molecule has 3 rings (SSSR count).